The molecule has 0 unspecified atom stereocenters. The second kappa shape index (κ2) is 5.84. The van der Waals surface area contributed by atoms with Crippen LogP contribution in [0.1, 0.15) is 0 Å². The van der Waals surface area contributed by atoms with E-state index < -0.39 is 16.1 Å². The predicted molar refractivity (Wildman–Crippen MR) is 76.8 cm³/mol. The summed E-state index contributed by atoms with van der Waals surface area (Å²) in [6.45, 7) is 0. The number of carboxylic acid groups (broad SMARTS) is 1. The molecule has 0 spiro atoms. The third-order valence-electron chi connectivity index (χ3n) is 2.79. The molecule has 7 heteroatoms. The zero-order chi connectivity index (χ0) is 15.5. The van der Waals surface area contributed by atoms with Gasteiger partial charge in [-0.3, -0.25) is 0 Å². The fourth-order valence-corrected chi connectivity index (χ4v) is 2.73. The number of ether oxygens (including phenoxy) is 1. The van der Waals surface area contributed by atoms with Crippen molar-refractivity contribution in [2.45, 2.75) is 4.90 Å². The number of nitrogens with one attached hydrogen (secondary N) is 1. The molecule has 2 aromatic carbocycles. The summed E-state index contributed by atoms with van der Waals surface area (Å²) >= 11 is 0. The van der Waals surface area contributed by atoms with Gasteiger partial charge < -0.3 is 9.84 Å². The first kappa shape index (κ1) is 14.9. The maximum atomic E-state index is 11.8. The van der Waals surface area contributed by atoms with Crippen LogP contribution in [0, 0.1) is 0 Å². The van der Waals surface area contributed by atoms with Gasteiger partial charge in [-0.1, -0.05) is 30.3 Å². The zero-order valence-electron chi connectivity index (χ0n) is 11.1. The molecule has 2 aromatic rings. The average molecular weight is 307 g/mol. The molecule has 0 bridgehead atoms. The van der Waals surface area contributed by atoms with Gasteiger partial charge in [0.15, 0.2) is 0 Å². The lowest BCUT2D eigenvalue weighted by molar-refractivity contribution is 0.201. The topological polar surface area (TPSA) is 92.7 Å². The van der Waals surface area contributed by atoms with E-state index in [2.05, 4.69) is 0 Å². The number of rotatable bonds is 4. The molecule has 1 amide bonds. The lowest BCUT2D eigenvalue weighted by atomic mass is 10.1. The van der Waals surface area contributed by atoms with Crippen molar-refractivity contribution in [3.8, 4) is 16.9 Å². The molecule has 0 aliphatic carbocycles. The summed E-state index contributed by atoms with van der Waals surface area (Å²) in [6, 6.07) is 13.5. The molecule has 0 radical (unpaired) electrons. The van der Waals surface area contributed by atoms with Gasteiger partial charge >= 0.3 is 6.09 Å². The summed E-state index contributed by atoms with van der Waals surface area (Å²) in [5.74, 6) is 0.342. The zero-order valence-corrected chi connectivity index (χ0v) is 11.9. The summed E-state index contributed by atoms with van der Waals surface area (Å²) < 4.78 is 30.3. The van der Waals surface area contributed by atoms with E-state index in [1.54, 1.807) is 6.07 Å². The van der Waals surface area contributed by atoms with Gasteiger partial charge in [0, 0.05) is 11.6 Å². The van der Waals surface area contributed by atoms with Crippen LogP contribution in [0.15, 0.2) is 53.4 Å². The number of amides is 1. The highest BCUT2D eigenvalue weighted by atomic mass is 32.2. The monoisotopic (exact) mass is 307 g/mol. The van der Waals surface area contributed by atoms with E-state index in [9.17, 15) is 13.2 Å². The Balaban J connectivity index is 2.49. The van der Waals surface area contributed by atoms with Crippen LogP contribution in [0.4, 0.5) is 4.79 Å². The van der Waals surface area contributed by atoms with Gasteiger partial charge in [0.2, 0.25) is 0 Å². The standard InChI is InChI=1S/C14H13NO5S/c1-20-13-9-11(21(18,19)15-14(16)17)7-8-12(13)10-5-3-2-4-6-10/h2-9,15H,1H3,(H,16,17). The number of sulfonamides is 1. The van der Waals surface area contributed by atoms with Crippen LogP contribution in [0.3, 0.4) is 0 Å². The van der Waals surface area contributed by atoms with Gasteiger partial charge in [-0.15, -0.1) is 0 Å². The van der Waals surface area contributed by atoms with Crippen molar-refractivity contribution >= 4 is 16.1 Å². The predicted octanol–water partition coefficient (Wildman–Crippen LogP) is 2.32. The molecular weight excluding hydrogens is 294 g/mol. The minimum atomic E-state index is -4.12. The molecule has 6 nitrogen and oxygen atoms in total. The SMILES string of the molecule is COc1cc(S(=O)(=O)NC(=O)O)ccc1-c1ccccc1. The molecule has 21 heavy (non-hydrogen) atoms. The molecular formula is C14H13NO5S. The van der Waals surface area contributed by atoms with E-state index in [1.807, 2.05) is 30.3 Å². The van der Waals surface area contributed by atoms with Crippen LogP contribution in [0.5, 0.6) is 5.75 Å². The summed E-state index contributed by atoms with van der Waals surface area (Å²) in [5, 5.41) is 8.55. The summed E-state index contributed by atoms with van der Waals surface area (Å²) in [4.78, 5) is 10.3. The Bertz CT molecular complexity index is 756. The van der Waals surface area contributed by atoms with Gasteiger partial charge in [0.05, 0.1) is 12.0 Å². The molecule has 0 heterocycles. The van der Waals surface area contributed by atoms with Crippen LogP contribution in [-0.4, -0.2) is 26.7 Å². The highest BCUT2D eigenvalue weighted by Crippen LogP contribution is 2.31. The van der Waals surface area contributed by atoms with E-state index in [4.69, 9.17) is 9.84 Å². The van der Waals surface area contributed by atoms with Crippen molar-refractivity contribution in [3.63, 3.8) is 0 Å². The second-order valence-corrected chi connectivity index (χ2v) is 5.82. The normalized spacial score (nSPS) is 10.9. The maximum absolute atomic E-state index is 11.8. The van der Waals surface area contributed by atoms with Gasteiger partial charge in [0.1, 0.15) is 5.75 Å². The van der Waals surface area contributed by atoms with E-state index >= 15 is 0 Å². The largest absolute Gasteiger partial charge is 0.496 e. The molecule has 0 aliphatic rings. The van der Waals surface area contributed by atoms with Gasteiger partial charge in [-0.25, -0.2) is 17.9 Å². The lowest BCUT2D eigenvalue weighted by Gasteiger charge is -2.11. The van der Waals surface area contributed by atoms with Crippen molar-refractivity contribution in [1.29, 1.82) is 0 Å². The summed E-state index contributed by atoms with van der Waals surface area (Å²) in [7, 11) is -2.70. The van der Waals surface area contributed by atoms with Crippen molar-refractivity contribution in [3.05, 3.63) is 48.5 Å². The summed E-state index contributed by atoms with van der Waals surface area (Å²) in [5.41, 5.74) is 1.58. The van der Waals surface area contributed by atoms with E-state index in [1.165, 1.54) is 24.0 Å². The number of benzene rings is 2. The fourth-order valence-electron chi connectivity index (χ4n) is 1.87. The van der Waals surface area contributed by atoms with Crippen LogP contribution < -0.4 is 9.46 Å². The van der Waals surface area contributed by atoms with Crippen molar-refractivity contribution < 1.29 is 23.1 Å². The minimum Gasteiger partial charge on any atom is -0.496 e. The Morgan fingerprint density at radius 3 is 2.38 bits per heavy atom. The number of hydrogen-bond donors (Lipinski definition) is 2. The van der Waals surface area contributed by atoms with Gasteiger partial charge in [-0.05, 0) is 17.7 Å². The Labute approximate surface area is 122 Å². The van der Waals surface area contributed by atoms with Crippen LogP contribution in [0.2, 0.25) is 0 Å². The Morgan fingerprint density at radius 2 is 1.81 bits per heavy atom. The van der Waals surface area contributed by atoms with Crippen molar-refractivity contribution in [2.75, 3.05) is 7.11 Å². The number of methoxy groups -OCH3 is 1. The van der Waals surface area contributed by atoms with Crippen LogP contribution in [-0.2, 0) is 10.0 Å². The van der Waals surface area contributed by atoms with Crippen molar-refractivity contribution in [1.82, 2.24) is 4.72 Å². The summed E-state index contributed by atoms with van der Waals surface area (Å²) in [6.07, 6.45) is -1.64. The molecule has 0 saturated heterocycles. The van der Waals surface area contributed by atoms with Crippen LogP contribution in [0.25, 0.3) is 11.1 Å². The number of hydrogen-bond acceptors (Lipinski definition) is 4. The van der Waals surface area contributed by atoms with Gasteiger partial charge in [0.25, 0.3) is 10.0 Å². The molecule has 0 fully saturated rings. The molecule has 2 rings (SSSR count). The van der Waals surface area contributed by atoms with E-state index in [0.29, 0.717) is 11.3 Å². The first-order chi connectivity index (χ1) is 9.94. The quantitative estimate of drug-likeness (QED) is 0.904. The highest BCUT2D eigenvalue weighted by molar-refractivity contribution is 7.90. The fraction of sp³-hybridized carbons (Fsp3) is 0.0714. The Morgan fingerprint density at radius 1 is 1.14 bits per heavy atom. The molecule has 0 aromatic heterocycles. The molecule has 0 aliphatic heterocycles. The van der Waals surface area contributed by atoms with E-state index in [-0.39, 0.29) is 4.90 Å². The average Bonchev–Trinajstić information content (AvgIpc) is 2.46. The molecule has 0 saturated carbocycles. The molecule has 0 atom stereocenters. The first-order valence-electron chi connectivity index (χ1n) is 5.93. The Kier molecular flexibility index (Phi) is 4.13. The highest BCUT2D eigenvalue weighted by Gasteiger charge is 2.19. The van der Waals surface area contributed by atoms with Crippen LogP contribution >= 0.6 is 0 Å². The smallest absolute Gasteiger partial charge is 0.418 e. The third-order valence-corrected chi connectivity index (χ3v) is 4.11. The third kappa shape index (κ3) is 3.32. The van der Waals surface area contributed by atoms with Crippen molar-refractivity contribution in [2.24, 2.45) is 0 Å². The van der Waals surface area contributed by atoms with E-state index in [0.717, 1.165) is 5.56 Å². The molecule has 110 valence electrons. The second-order valence-electron chi connectivity index (χ2n) is 4.14. The lowest BCUT2D eigenvalue weighted by Crippen LogP contribution is -2.28. The van der Waals surface area contributed by atoms with Gasteiger partial charge in [-0.2, -0.15) is 0 Å². The number of carbonyl (C=O) groups is 1. The molecule has 2 N–H and O–H groups in total. The first-order valence-corrected chi connectivity index (χ1v) is 7.41. The maximum Gasteiger partial charge on any atom is 0.418 e. The minimum absolute atomic E-state index is 0.179. The Hall–Kier alpha value is -2.54.